The van der Waals surface area contributed by atoms with E-state index in [0.717, 1.165) is 49.6 Å². The van der Waals surface area contributed by atoms with Crippen LogP contribution in [0.2, 0.25) is 0 Å². The van der Waals surface area contributed by atoms with Crippen molar-refractivity contribution in [3.8, 4) is 0 Å². The average Bonchev–Trinajstić information content (AvgIpc) is 2.89. The lowest BCUT2D eigenvalue weighted by Gasteiger charge is -2.05. The van der Waals surface area contributed by atoms with Gasteiger partial charge in [0, 0.05) is 24.7 Å². The number of aromatic nitrogens is 5. The number of nitrogens with one attached hydrogen (secondary N) is 2. The highest BCUT2D eigenvalue weighted by Crippen LogP contribution is 2.06. The van der Waals surface area contributed by atoms with Gasteiger partial charge in [-0.05, 0) is 12.8 Å². The molecule has 0 amide bonds. The molecule has 2 aromatic heterocycles. The molecule has 0 saturated heterocycles. The van der Waals surface area contributed by atoms with Gasteiger partial charge in [-0.3, -0.25) is 5.10 Å². The van der Waals surface area contributed by atoms with Gasteiger partial charge < -0.3 is 5.32 Å². The van der Waals surface area contributed by atoms with E-state index in [-0.39, 0.29) is 0 Å². The van der Waals surface area contributed by atoms with Gasteiger partial charge in [-0.15, -0.1) is 0 Å². The Morgan fingerprint density at radius 1 is 1.17 bits per heavy atom. The number of H-pyrrole nitrogens is 1. The molecule has 6 heteroatoms. The number of hydrogen-bond acceptors (Lipinski definition) is 5. The van der Waals surface area contributed by atoms with Crippen molar-refractivity contribution in [2.75, 3.05) is 11.9 Å². The van der Waals surface area contributed by atoms with Crippen molar-refractivity contribution in [2.24, 2.45) is 0 Å². The first-order valence-corrected chi connectivity index (χ1v) is 6.27. The molecule has 2 N–H and O–H groups in total. The molecule has 0 spiro atoms. The van der Waals surface area contributed by atoms with Crippen molar-refractivity contribution in [3.63, 3.8) is 0 Å². The van der Waals surface area contributed by atoms with Crippen LogP contribution in [0, 0.1) is 0 Å². The molecule has 18 heavy (non-hydrogen) atoms. The smallest absolute Gasteiger partial charge is 0.137 e. The van der Waals surface area contributed by atoms with Crippen LogP contribution in [-0.2, 0) is 12.8 Å². The molecular formula is C12H18N6. The van der Waals surface area contributed by atoms with E-state index in [1.807, 2.05) is 6.07 Å². The fourth-order valence-corrected chi connectivity index (χ4v) is 1.71. The summed E-state index contributed by atoms with van der Waals surface area (Å²) >= 11 is 0. The quantitative estimate of drug-likeness (QED) is 0.725. The van der Waals surface area contributed by atoms with Crippen LogP contribution < -0.4 is 5.32 Å². The lowest BCUT2D eigenvalue weighted by molar-refractivity contribution is 0.801. The van der Waals surface area contributed by atoms with Crippen molar-refractivity contribution < 1.29 is 0 Å². The van der Waals surface area contributed by atoms with Crippen LogP contribution >= 0.6 is 0 Å². The lowest BCUT2D eigenvalue weighted by Crippen LogP contribution is -2.06. The van der Waals surface area contributed by atoms with Gasteiger partial charge in [-0.1, -0.05) is 13.3 Å². The summed E-state index contributed by atoms with van der Waals surface area (Å²) in [5.41, 5.74) is 1.09. The van der Waals surface area contributed by atoms with Gasteiger partial charge in [0.05, 0.1) is 0 Å². The lowest BCUT2D eigenvalue weighted by atomic mass is 10.2. The van der Waals surface area contributed by atoms with Crippen molar-refractivity contribution in [1.29, 1.82) is 0 Å². The van der Waals surface area contributed by atoms with Gasteiger partial charge in [0.2, 0.25) is 0 Å². The molecule has 0 aliphatic heterocycles. The van der Waals surface area contributed by atoms with Crippen LogP contribution in [0.25, 0.3) is 0 Å². The van der Waals surface area contributed by atoms with E-state index < -0.39 is 0 Å². The predicted molar refractivity (Wildman–Crippen MR) is 69.2 cm³/mol. The summed E-state index contributed by atoms with van der Waals surface area (Å²) in [4.78, 5) is 12.5. The van der Waals surface area contributed by atoms with Gasteiger partial charge in [0.1, 0.15) is 24.3 Å². The summed E-state index contributed by atoms with van der Waals surface area (Å²) in [6.45, 7) is 3.01. The van der Waals surface area contributed by atoms with E-state index in [1.165, 1.54) is 6.33 Å². The fourth-order valence-electron chi connectivity index (χ4n) is 1.71. The Labute approximate surface area is 106 Å². The topological polar surface area (TPSA) is 79.4 Å². The van der Waals surface area contributed by atoms with E-state index in [4.69, 9.17) is 0 Å². The summed E-state index contributed by atoms with van der Waals surface area (Å²) < 4.78 is 0. The third-order valence-electron chi connectivity index (χ3n) is 2.59. The van der Waals surface area contributed by atoms with Crippen LogP contribution in [0.5, 0.6) is 0 Å². The summed E-state index contributed by atoms with van der Waals surface area (Å²) in [6.07, 6.45) is 7.12. The molecule has 0 atom stereocenters. The van der Waals surface area contributed by atoms with Gasteiger partial charge in [-0.25, -0.2) is 15.0 Å². The zero-order chi connectivity index (χ0) is 12.6. The van der Waals surface area contributed by atoms with Crippen molar-refractivity contribution in [3.05, 3.63) is 30.2 Å². The molecule has 0 aliphatic carbocycles. The molecule has 0 aromatic carbocycles. The minimum Gasteiger partial charge on any atom is -0.370 e. The molecule has 2 heterocycles. The molecule has 0 fully saturated rings. The SMILES string of the molecule is CCCc1cc(NCCCc2ncn[nH]2)ncn1. The van der Waals surface area contributed by atoms with E-state index in [9.17, 15) is 0 Å². The van der Waals surface area contributed by atoms with Crippen LogP contribution in [0.3, 0.4) is 0 Å². The molecule has 0 radical (unpaired) electrons. The second-order valence-electron chi connectivity index (χ2n) is 4.11. The minimum atomic E-state index is 0.864. The molecule has 0 bridgehead atoms. The molecule has 0 unspecified atom stereocenters. The Kier molecular flexibility index (Phi) is 4.63. The number of hydrogen-bond donors (Lipinski definition) is 2. The van der Waals surface area contributed by atoms with Crippen LogP contribution in [0.4, 0.5) is 5.82 Å². The van der Waals surface area contributed by atoms with Crippen LogP contribution in [0.1, 0.15) is 31.3 Å². The average molecular weight is 246 g/mol. The fraction of sp³-hybridized carbons (Fsp3) is 0.500. The zero-order valence-corrected chi connectivity index (χ0v) is 10.6. The number of nitrogens with zero attached hydrogens (tertiary/aromatic N) is 4. The number of rotatable bonds is 7. The highest BCUT2D eigenvalue weighted by molar-refractivity contribution is 5.34. The number of aryl methyl sites for hydroxylation is 2. The summed E-state index contributed by atoms with van der Waals surface area (Å²) in [7, 11) is 0. The highest BCUT2D eigenvalue weighted by atomic mass is 15.2. The van der Waals surface area contributed by atoms with Crippen molar-refractivity contribution >= 4 is 5.82 Å². The monoisotopic (exact) mass is 246 g/mol. The Morgan fingerprint density at radius 3 is 2.89 bits per heavy atom. The first-order valence-electron chi connectivity index (χ1n) is 6.27. The Morgan fingerprint density at radius 2 is 2.11 bits per heavy atom. The Hall–Kier alpha value is -1.98. The highest BCUT2D eigenvalue weighted by Gasteiger charge is 1.99. The first-order chi connectivity index (χ1) is 8.88. The molecule has 0 saturated carbocycles. The molecule has 2 rings (SSSR count). The maximum absolute atomic E-state index is 4.22. The van der Waals surface area contributed by atoms with Crippen molar-refractivity contribution in [1.82, 2.24) is 25.1 Å². The van der Waals surface area contributed by atoms with E-state index >= 15 is 0 Å². The predicted octanol–water partition coefficient (Wildman–Crippen LogP) is 1.59. The van der Waals surface area contributed by atoms with Crippen LogP contribution in [0.15, 0.2) is 18.7 Å². The normalized spacial score (nSPS) is 10.5. The third-order valence-corrected chi connectivity index (χ3v) is 2.59. The second-order valence-corrected chi connectivity index (χ2v) is 4.11. The van der Waals surface area contributed by atoms with Crippen LogP contribution in [-0.4, -0.2) is 31.7 Å². The van der Waals surface area contributed by atoms with Crippen molar-refractivity contribution in [2.45, 2.75) is 32.6 Å². The third kappa shape index (κ3) is 3.80. The van der Waals surface area contributed by atoms with Gasteiger partial charge in [0.25, 0.3) is 0 Å². The molecule has 96 valence electrons. The maximum Gasteiger partial charge on any atom is 0.137 e. The molecule has 0 aliphatic rings. The first kappa shape index (κ1) is 12.5. The van der Waals surface area contributed by atoms with Gasteiger partial charge in [0.15, 0.2) is 0 Å². The van der Waals surface area contributed by atoms with Gasteiger partial charge in [-0.2, -0.15) is 5.10 Å². The van der Waals surface area contributed by atoms with E-state index in [2.05, 4.69) is 37.4 Å². The largest absolute Gasteiger partial charge is 0.370 e. The maximum atomic E-state index is 4.22. The van der Waals surface area contributed by atoms with Gasteiger partial charge >= 0.3 is 0 Å². The second kappa shape index (κ2) is 6.68. The standard InChI is InChI=1S/C12H18N6/c1-2-4-10-7-12(15-8-14-10)13-6-3-5-11-16-9-17-18-11/h7-9H,2-6H2,1H3,(H,13,14,15)(H,16,17,18). The van der Waals surface area contributed by atoms with E-state index in [1.54, 1.807) is 6.33 Å². The summed E-state index contributed by atoms with van der Waals surface area (Å²) in [5, 5.41) is 9.95. The molecule has 2 aromatic rings. The molecule has 6 nitrogen and oxygen atoms in total. The minimum absolute atomic E-state index is 0.864. The summed E-state index contributed by atoms with van der Waals surface area (Å²) in [5.74, 6) is 1.82. The number of aromatic amines is 1. The number of anilines is 1. The Balaban J connectivity index is 1.74. The Bertz CT molecular complexity index is 453. The van der Waals surface area contributed by atoms with E-state index in [0.29, 0.717) is 0 Å². The summed E-state index contributed by atoms with van der Waals surface area (Å²) in [6, 6.07) is 2.01. The zero-order valence-electron chi connectivity index (χ0n) is 10.6. The molecular weight excluding hydrogens is 228 g/mol.